The maximum absolute atomic E-state index is 12.6. The van der Waals surface area contributed by atoms with E-state index in [1.54, 1.807) is 18.2 Å². The van der Waals surface area contributed by atoms with Gasteiger partial charge in [0.1, 0.15) is 6.61 Å². The zero-order valence-electron chi connectivity index (χ0n) is 18.1. The molecule has 2 amide bonds. The van der Waals surface area contributed by atoms with E-state index in [2.05, 4.69) is 34.9 Å². The number of carboxylic acid groups (broad SMARTS) is 1. The molecule has 3 aromatic carbocycles. The summed E-state index contributed by atoms with van der Waals surface area (Å²) in [6.45, 7) is 2.02. The van der Waals surface area contributed by atoms with E-state index in [9.17, 15) is 14.4 Å². The van der Waals surface area contributed by atoms with Crippen LogP contribution in [0.25, 0.3) is 11.1 Å². The first kappa shape index (κ1) is 22.1. The summed E-state index contributed by atoms with van der Waals surface area (Å²) >= 11 is 0. The van der Waals surface area contributed by atoms with E-state index in [1.165, 1.54) is 0 Å². The van der Waals surface area contributed by atoms with E-state index in [-0.39, 0.29) is 25.5 Å². The SMILES string of the molecule is Cc1ccc(C(=O)NCCC(=O)O)cc1NC(=O)OCC1c2ccccc2-c2ccccc21. The lowest BCUT2D eigenvalue weighted by Gasteiger charge is -2.15. The number of nitrogens with one attached hydrogen (secondary N) is 2. The van der Waals surface area contributed by atoms with Crippen LogP contribution in [-0.2, 0) is 9.53 Å². The first-order chi connectivity index (χ1) is 15.9. The van der Waals surface area contributed by atoms with E-state index in [1.807, 2.05) is 31.2 Å². The third kappa shape index (κ3) is 4.87. The van der Waals surface area contributed by atoms with Crippen LogP contribution in [0, 0.1) is 6.92 Å². The summed E-state index contributed by atoms with van der Waals surface area (Å²) < 4.78 is 5.57. The number of carbonyl (C=O) groups is 3. The van der Waals surface area contributed by atoms with Gasteiger partial charge < -0.3 is 15.2 Å². The summed E-state index contributed by atoms with van der Waals surface area (Å²) in [6.07, 6.45) is -0.772. The van der Waals surface area contributed by atoms with Crippen LogP contribution >= 0.6 is 0 Å². The smallest absolute Gasteiger partial charge is 0.411 e. The van der Waals surface area contributed by atoms with Gasteiger partial charge in [-0.05, 0) is 46.9 Å². The van der Waals surface area contributed by atoms with E-state index in [4.69, 9.17) is 9.84 Å². The molecule has 0 unspecified atom stereocenters. The first-order valence-electron chi connectivity index (χ1n) is 10.7. The Labute approximate surface area is 191 Å². The average Bonchev–Trinajstić information content (AvgIpc) is 3.12. The largest absolute Gasteiger partial charge is 0.481 e. The number of rotatable bonds is 7. The summed E-state index contributed by atoms with van der Waals surface area (Å²) in [5.41, 5.74) is 6.10. The number of carboxylic acids is 1. The molecule has 33 heavy (non-hydrogen) atoms. The molecule has 0 heterocycles. The lowest BCUT2D eigenvalue weighted by molar-refractivity contribution is -0.136. The van der Waals surface area contributed by atoms with Crippen LogP contribution in [0.5, 0.6) is 0 Å². The molecule has 3 aromatic rings. The quantitative estimate of drug-likeness (QED) is 0.496. The number of fused-ring (bicyclic) bond motifs is 3. The summed E-state index contributed by atoms with van der Waals surface area (Å²) in [6, 6.07) is 21.1. The number of aliphatic carboxylic acids is 1. The minimum Gasteiger partial charge on any atom is -0.481 e. The maximum atomic E-state index is 12.6. The fourth-order valence-corrected chi connectivity index (χ4v) is 4.03. The molecule has 0 spiro atoms. The maximum Gasteiger partial charge on any atom is 0.411 e. The zero-order valence-corrected chi connectivity index (χ0v) is 18.1. The predicted molar refractivity (Wildman–Crippen MR) is 124 cm³/mol. The Morgan fingerprint density at radius 1 is 0.939 bits per heavy atom. The van der Waals surface area contributed by atoms with Gasteiger partial charge in [0.2, 0.25) is 0 Å². The van der Waals surface area contributed by atoms with Crippen molar-refractivity contribution in [3.8, 4) is 11.1 Å². The highest BCUT2D eigenvalue weighted by Crippen LogP contribution is 2.44. The molecule has 168 valence electrons. The molecule has 0 radical (unpaired) electrons. The molecule has 0 aromatic heterocycles. The van der Waals surface area contributed by atoms with E-state index in [0.717, 1.165) is 27.8 Å². The van der Waals surface area contributed by atoms with Crippen molar-refractivity contribution in [2.45, 2.75) is 19.3 Å². The predicted octanol–water partition coefficient (Wildman–Crippen LogP) is 4.56. The monoisotopic (exact) mass is 444 g/mol. The lowest BCUT2D eigenvalue weighted by atomic mass is 9.98. The Hall–Kier alpha value is -4.13. The van der Waals surface area contributed by atoms with Gasteiger partial charge in [-0.25, -0.2) is 4.79 Å². The number of aryl methyl sites for hydroxylation is 1. The molecular weight excluding hydrogens is 420 g/mol. The molecule has 3 N–H and O–H groups in total. The van der Waals surface area contributed by atoms with Crippen molar-refractivity contribution in [2.24, 2.45) is 0 Å². The Bertz CT molecular complexity index is 1180. The van der Waals surface area contributed by atoms with Gasteiger partial charge in [0, 0.05) is 23.7 Å². The minimum absolute atomic E-state index is 0.0250. The van der Waals surface area contributed by atoms with Gasteiger partial charge in [0.15, 0.2) is 0 Å². The molecule has 7 nitrogen and oxygen atoms in total. The Morgan fingerprint density at radius 2 is 1.58 bits per heavy atom. The molecule has 7 heteroatoms. The van der Waals surface area contributed by atoms with E-state index < -0.39 is 18.0 Å². The van der Waals surface area contributed by atoms with Crippen LogP contribution in [0.3, 0.4) is 0 Å². The number of benzene rings is 3. The third-order valence-electron chi connectivity index (χ3n) is 5.70. The van der Waals surface area contributed by atoms with Crippen LogP contribution < -0.4 is 10.6 Å². The molecule has 0 saturated carbocycles. The van der Waals surface area contributed by atoms with Gasteiger partial charge >= 0.3 is 12.1 Å². The molecule has 0 bridgehead atoms. The highest BCUT2D eigenvalue weighted by Gasteiger charge is 2.29. The van der Waals surface area contributed by atoms with Crippen molar-refractivity contribution < 1.29 is 24.2 Å². The second-order valence-electron chi connectivity index (χ2n) is 7.88. The van der Waals surface area contributed by atoms with Crippen LogP contribution in [-0.4, -0.2) is 36.2 Å². The van der Waals surface area contributed by atoms with Gasteiger partial charge in [-0.2, -0.15) is 0 Å². The summed E-state index contributed by atoms with van der Waals surface area (Å²) in [5, 5.41) is 14.0. The van der Waals surface area contributed by atoms with Crippen LogP contribution in [0.15, 0.2) is 66.7 Å². The molecule has 0 aliphatic heterocycles. The first-order valence-corrected chi connectivity index (χ1v) is 10.7. The van der Waals surface area contributed by atoms with Gasteiger partial charge in [-0.15, -0.1) is 0 Å². The summed E-state index contributed by atoms with van der Waals surface area (Å²) in [4.78, 5) is 35.5. The van der Waals surface area contributed by atoms with Crippen molar-refractivity contribution in [3.05, 3.63) is 89.0 Å². The molecule has 4 rings (SSSR count). The Kier molecular flexibility index (Phi) is 6.40. The molecule has 1 aliphatic rings. The van der Waals surface area contributed by atoms with Gasteiger partial charge in [0.05, 0.1) is 6.42 Å². The second kappa shape index (κ2) is 9.56. The van der Waals surface area contributed by atoms with Crippen molar-refractivity contribution >= 4 is 23.7 Å². The summed E-state index contributed by atoms with van der Waals surface area (Å²) in [5.74, 6) is -1.45. The Balaban J connectivity index is 1.41. The van der Waals surface area contributed by atoms with E-state index in [0.29, 0.717) is 11.3 Å². The lowest BCUT2D eigenvalue weighted by Crippen LogP contribution is -2.26. The van der Waals surface area contributed by atoms with Gasteiger partial charge in [-0.1, -0.05) is 54.6 Å². The number of anilines is 1. The Morgan fingerprint density at radius 3 is 2.21 bits per heavy atom. The van der Waals surface area contributed by atoms with Gasteiger partial charge in [0.25, 0.3) is 5.91 Å². The minimum atomic E-state index is -0.989. The topological polar surface area (TPSA) is 105 Å². The van der Waals surface area contributed by atoms with Crippen LogP contribution in [0.1, 0.15) is 39.4 Å². The fraction of sp³-hybridized carbons (Fsp3) is 0.192. The van der Waals surface area contributed by atoms with Crippen molar-refractivity contribution in [1.82, 2.24) is 5.32 Å². The van der Waals surface area contributed by atoms with Crippen molar-refractivity contribution in [1.29, 1.82) is 0 Å². The van der Waals surface area contributed by atoms with Crippen molar-refractivity contribution in [2.75, 3.05) is 18.5 Å². The molecular formula is C26H24N2O5. The highest BCUT2D eigenvalue weighted by atomic mass is 16.5. The van der Waals surface area contributed by atoms with Gasteiger partial charge in [-0.3, -0.25) is 14.9 Å². The van der Waals surface area contributed by atoms with Crippen molar-refractivity contribution in [3.63, 3.8) is 0 Å². The molecule has 1 aliphatic carbocycles. The number of hydrogen-bond acceptors (Lipinski definition) is 4. The number of carbonyl (C=O) groups excluding carboxylic acids is 2. The standard InChI is InChI=1S/C26H24N2O5/c1-16-10-11-17(25(31)27-13-12-24(29)30)14-23(16)28-26(32)33-15-22-20-8-4-2-6-18(20)19-7-3-5-9-21(19)22/h2-11,14,22H,12-13,15H2,1H3,(H,27,31)(H,28,32)(H,29,30). The fourth-order valence-electron chi connectivity index (χ4n) is 4.03. The normalized spacial score (nSPS) is 11.9. The van der Waals surface area contributed by atoms with Crippen LogP contribution in [0.4, 0.5) is 10.5 Å². The third-order valence-corrected chi connectivity index (χ3v) is 5.70. The average molecular weight is 444 g/mol. The number of hydrogen-bond donors (Lipinski definition) is 3. The van der Waals surface area contributed by atoms with E-state index >= 15 is 0 Å². The summed E-state index contributed by atoms with van der Waals surface area (Å²) in [7, 11) is 0. The molecule has 0 saturated heterocycles. The molecule has 0 fully saturated rings. The zero-order chi connectivity index (χ0) is 23.4. The molecule has 0 atom stereocenters. The number of ether oxygens (including phenoxy) is 1. The highest BCUT2D eigenvalue weighted by molar-refractivity contribution is 5.97. The van der Waals surface area contributed by atoms with Crippen LogP contribution in [0.2, 0.25) is 0 Å². The number of amides is 2. The second-order valence-corrected chi connectivity index (χ2v) is 7.88.